The number of halogens is 1. The summed E-state index contributed by atoms with van der Waals surface area (Å²) in [6, 6.07) is 8.69. The van der Waals surface area contributed by atoms with Crippen LogP contribution in [0.2, 0.25) is 0 Å². The maximum atomic E-state index is 5.19. The van der Waals surface area contributed by atoms with E-state index in [1.165, 1.54) is 5.56 Å². The summed E-state index contributed by atoms with van der Waals surface area (Å²) in [5.74, 6) is 0. The van der Waals surface area contributed by atoms with E-state index in [0.717, 1.165) is 11.0 Å². The lowest BCUT2D eigenvalue weighted by atomic mass is 10.1. The maximum absolute atomic E-state index is 5.19. The molecule has 0 fully saturated rings. The first-order valence-electron chi connectivity index (χ1n) is 5.15. The summed E-state index contributed by atoms with van der Waals surface area (Å²) in [6.45, 7) is 5.08. The fraction of sp³-hybridized carbons (Fsp3) is 0.500. The maximum Gasteiger partial charge on any atom is 0.0667 e. The van der Waals surface area contributed by atoms with Crippen molar-refractivity contribution in [3.63, 3.8) is 0 Å². The van der Waals surface area contributed by atoms with E-state index in [9.17, 15) is 0 Å². The Bertz CT molecular complexity index is 303. The van der Waals surface area contributed by atoms with Crippen LogP contribution >= 0.6 is 15.9 Å². The normalized spacial score (nSPS) is 14.9. The molecule has 0 heterocycles. The van der Waals surface area contributed by atoms with Crippen molar-refractivity contribution in [3.8, 4) is 0 Å². The molecule has 1 aromatic rings. The fourth-order valence-corrected chi connectivity index (χ4v) is 1.74. The summed E-state index contributed by atoms with van der Waals surface area (Å²) in [4.78, 5) is 0. The van der Waals surface area contributed by atoms with Gasteiger partial charge in [0.15, 0.2) is 0 Å². The Labute approximate surface area is 100 Å². The molecule has 0 bridgehead atoms. The van der Waals surface area contributed by atoms with Gasteiger partial charge in [-0.3, -0.25) is 0 Å². The van der Waals surface area contributed by atoms with Crippen molar-refractivity contribution in [2.45, 2.75) is 26.0 Å². The lowest BCUT2D eigenvalue weighted by Crippen LogP contribution is -2.28. The van der Waals surface area contributed by atoms with Gasteiger partial charge in [0.2, 0.25) is 0 Å². The monoisotopic (exact) mass is 271 g/mol. The molecule has 0 amide bonds. The first-order chi connectivity index (χ1) is 7.13. The number of benzene rings is 1. The molecule has 1 rings (SSSR count). The standard InChI is InChI=1S/C12H18BrNO/c1-9(15-3)8-14-10(2)11-5-4-6-12(13)7-11/h4-7,9-10,14H,8H2,1-3H3/t9?,10-/m1/s1. The first kappa shape index (κ1) is 12.7. The van der Waals surface area contributed by atoms with E-state index in [2.05, 4.69) is 53.3 Å². The second kappa shape index (κ2) is 6.26. The van der Waals surface area contributed by atoms with Crippen LogP contribution in [0.3, 0.4) is 0 Å². The molecule has 1 aromatic carbocycles. The summed E-state index contributed by atoms with van der Waals surface area (Å²) >= 11 is 3.47. The number of hydrogen-bond acceptors (Lipinski definition) is 2. The average molecular weight is 272 g/mol. The second-order valence-electron chi connectivity index (χ2n) is 3.73. The van der Waals surface area contributed by atoms with Gasteiger partial charge in [-0.05, 0) is 31.5 Å². The number of rotatable bonds is 5. The number of nitrogens with one attached hydrogen (secondary N) is 1. The minimum atomic E-state index is 0.250. The Morgan fingerprint density at radius 1 is 1.40 bits per heavy atom. The van der Waals surface area contributed by atoms with Crippen LogP contribution in [0.15, 0.2) is 28.7 Å². The summed E-state index contributed by atoms with van der Waals surface area (Å²) in [7, 11) is 1.73. The van der Waals surface area contributed by atoms with E-state index >= 15 is 0 Å². The van der Waals surface area contributed by atoms with Gasteiger partial charge in [0.25, 0.3) is 0 Å². The number of hydrogen-bond donors (Lipinski definition) is 1. The largest absolute Gasteiger partial charge is 0.380 e. The Morgan fingerprint density at radius 3 is 2.73 bits per heavy atom. The Balaban J connectivity index is 2.50. The van der Waals surface area contributed by atoms with E-state index in [1.54, 1.807) is 7.11 Å². The van der Waals surface area contributed by atoms with E-state index < -0.39 is 0 Å². The molecule has 84 valence electrons. The molecule has 0 aliphatic heterocycles. The average Bonchev–Trinajstić information content (AvgIpc) is 2.25. The van der Waals surface area contributed by atoms with Gasteiger partial charge in [-0.15, -0.1) is 0 Å². The smallest absolute Gasteiger partial charge is 0.0667 e. The van der Waals surface area contributed by atoms with Crippen molar-refractivity contribution in [1.29, 1.82) is 0 Å². The van der Waals surface area contributed by atoms with Crippen molar-refractivity contribution in [3.05, 3.63) is 34.3 Å². The second-order valence-corrected chi connectivity index (χ2v) is 4.65. The van der Waals surface area contributed by atoms with E-state index in [4.69, 9.17) is 4.74 Å². The van der Waals surface area contributed by atoms with E-state index in [1.807, 2.05) is 6.07 Å². The molecule has 0 aliphatic carbocycles. The van der Waals surface area contributed by atoms with Crippen LogP contribution in [0.5, 0.6) is 0 Å². The molecule has 0 aromatic heterocycles. The molecule has 15 heavy (non-hydrogen) atoms. The van der Waals surface area contributed by atoms with Crippen LogP contribution in [-0.2, 0) is 4.74 Å². The van der Waals surface area contributed by atoms with Crippen LogP contribution in [-0.4, -0.2) is 19.8 Å². The predicted octanol–water partition coefficient (Wildman–Crippen LogP) is 3.13. The molecule has 2 nitrogen and oxygen atoms in total. The lowest BCUT2D eigenvalue weighted by Gasteiger charge is -2.17. The van der Waals surface area contributed by atoms with E-state index in [-0.39, 0.29) is 6.10 Å². The van der Waals surface area contributed by atoms with Gasteiger partial charge in [-0.1, -0.05) is 28.1 Å². The van der Waals surface area contributed by atoms with Crippen molar-refractivity contribution in [1.82, 2.24) is 5.32 Å². The molecule has 2 atom stereocenters. The van der Waals surface area contributed by atoms with Crippen LogP contribution in [0.4, 0.5) is 0 Å². The van der Waals surface area contributed by atoms with Crippen LogP contribution in [0, 0.1) is 0 Å². The Kier molecular flexibility index (Phi) is 5.29. The predicted molar refractivity (Wildman–Crippen MR) is 67.0 cm³/mol. The van der Waals surface area contributed by atoms with Gasteiger partial charge in [0.05, 0.1) is 6.10 Å². The van der Waals surface area contributed by atoms with Crippen LogP contribution in [0.1, 0.15) is 25.5 Å². The lowest BCUT2D eigenvalue weighted by molar-refractivity contribution is 0.115. The highest BCUT2D eigenvalue weighted by Crippen LogP contribution is 2.17. The van der Waals surface area contributed by atoms with Gasteiger partial charge in [0, 0.05) is 24.2 Å². The topological polar surface area (TPSA) is 21.3 Å². The highest BCUT2D eigenvalue weighted by Gasteiger charge is 2.06. The summed E-state index contributed by atoms with van der Waals surface area (Å²) < 4.78 is 6.31. The molecule has 1 unspecified atom stereocenters. The molecule has 0 radical (unpaired) electrons. The van der Waals surface area contributed by atoms with Crippen molar-refractivity contribution >= 4 is 15.9 Å². The molecule has 0 saturated carbocycles. The third kappa shape index (κ3) is 4.33. The fourth-order valence-electron chi connectivity index (χ4n) is 1.32. The molecule has 0 saturated heterocycles. The summed E-state index contributed by atoms with van der Waals surface area (Å²) in [6.07, 6.45) is 0.250. The zero-order valence-corrected chi connectivity index (χ0v) is 11.0. The number of methoxy groups -OCH3 is 1. The quantitative estimate of drug-likeness (QED) is 0.889. The van der Waals surface area contributed by atoms with Gasteiger partial charge in [-0.25, -0.2) is 0 Å². The number of ether oxygens (including phenoxy) is 1. The Morgan fingerprint density at radius 2 is 2.13 bits per heavy atom. The van der Waals surface area contributed by atoms with Crippen LogP contribution < -0.4 is 5.32 Å². The minimum absolute atomic E-state index is 0.250. The summed E-state index contributed by atoms with van der Waals surface area (Å²) in [5.41, 5.74) is 1.28. The van der Waals surface area contributed by atoms with Gasteiger partial charge >= 0.3 is 0 Å². The molecular formula is C12H18BrNO. The molecule has 3 heteroatoms. The third-order valence-electron chi connectivity index (χ3n) is 2.46. The summed E-state index contributed by atoms with van der Waals surface area (Å²) in [5, 5.41) is 3.43. The highest BCUT2D eigenvalue weighted by molar-refractivity contribution is 9.10. The van der Waals surface area contributed by atoms with Crippen LogP contribution in [0.25, 0.3) is 0 Å². The van der Waals surface area contributed by atoms with Crippen molar-refractivity contribution in [2.75, 3.05) is 13.7 Å². The highest BCUT2D eigenvalue weighted by atomic mass is 79.9. The Hall–Kier alpha value is -0.380. The SMILES string of the molecule is COC(C)CN[C@H](C)c1cccc(Br)c1. The first-order valence-corrected chi connectivity index (χ1v) is 5.94. The third-order valence-corrected chi connectivity index (χ3v) is 2.96. The molecular weight excluding hydrogens is 254 g/mol. The van der Waals surface area contributed by atoms with Crippen molar-refractivity contribution < 1.29 is 4.74 Å². The van der Waals surface area contributed by atoms with Gasteiger partial charge in [-0.2, -0.15) is 0 Å². The minimum Gasteiger partial charge on any atom is -0.380 e. The zero-order valence-electron chi connectivity index (χ0n) is 9.46. The van der Waals surface area contributed by atoms with Gasteiger partial charge in [0.1, 0.15) is 0 Å². The zero-order chi connectivity index (χ0) is 11.3. The molecule has 0 spiro atoms. The van der Waals surface area contributed by atoms with Crippen molar-refractivity contribution in [2.24, 2.45) is 0 Å². The molecule has 1 N–H and O–H groups in total. The molecule has 0 aliphatic rings. The van der Waals surface area contributed by atoms with E-state index in [0.29, 0.717) is 6.04 Å². The van der Waals surface area contributed by atoms with Gasteiger partial charge < -0.3 is 10.1 Å².